The maximum atomic E-state index is 6.11. The minimum Gasteiger partial charge on any atom is -0.497 e. The fourth-order valence-corrected chi connectivity index (χ4v) is 1.73. The van der Waals surface area contributed by atoms with Crippen molar-refractivity contribution in [3.8, 4) is 11.4 Å². The molecule has 1 atom stereocenters. The highest BCUT2D eigenvalue weighted by Crippen LogP contribution is 2.27. The first-order valence-corrected chi connectivity index (χ1v) is 5.71. The van der Waals surface area contributed by atoms with Gasteiger partial charge in [-0.2, -0.15) is 4.68 Å². The van der Waals surface area contributed by atoms with Crippen molar-refractivity contribution >= 4 is 23.2 Å². The van der Waals surface area contributed by atoms with E-state index in [0.717, 1.165) is 0 Å². The second-order valence-electron chi connectivity index (χ2n) is 3.38. The Kier molecular flexibility index (Phi) is 3.49. The number of benzene rings is 1. The van der Waals surface area contributed by atoms with Gasteiger partial charge in [0.15, 0.2) is 5.82 Å². The zero-order chi connectivity index (χ0) is 12.4. The molecule has 2 rings (SSSR count). The molecular formula is C10H10Cl2N4O. The van der Waals surface area contributed by atoms with Crippen molar-refractivity contribution in [2.45, 2.75) is 12.3 Å². The molecule has 1 aromatic heterocycles. The molecule has 0 aliphatic rings. The van der Waals surface area contributed by atoms with Crippen molar-refractivity contribution in [1.29, 1.82) is 0 Å². The van der Waals surface area contributed by atoms with E-state index in [4.69, 9.17) is 27.9 Å². The highest BCUT2D eigenvalue weighted by molar-refractivity contribution is 6.32. The topological polar surface area (TPSA) is 52.8 Å². The molecule has 1 heterocycles. The van der Waals surface area contributed by atoms with Crippen molar-refractivity contribution < 1.29 is 4.74 Å². The lowest BCUT2D eigenvalue weighted by Crippen LogP contribution is -2.04. The molecule has 0 bridgehead atoms. The summed E-state index contributed by atoms with van der Waals surface area (Å²) in [4.78, 5) is 0. The molecule has 2 aromatic rings. The minimum atomic E-state index is -0.313. The summed E-state index contributed by atoms with van der Waals surface area (Å²) in [5.41, 5.74) is 0.638. The molecule has 0 fully saturated rings. The van der Waals surface area contributed by atoms with E-state index in [0.29, 0.717) is 22.3 Å². The van der Waals surface area contributed by atoms with E-state index in [1.54, 1.807) is 32.2 Å². The molecule has 0 amide bonds. The van der Waals surface area contributed by atoms with Crippen LogP contribution in [0.5, 0.6) is 5.75 Å². The monoisotopic (exact) mass is 272 g/mol. The number of aromatic nitrogens is 4. The van der Waals surface area contributed by atoms with E-state index in [2.05, 4.69) is 15.5 Å². The molecule has 17 heavy (non-hydrogen) atoms. The zero-order valence-corrected chi connectivity index (χ0v) is 10.8. The molecule has 0 saturated carbocycles. The average molecular weight is 273 g/mol. The van der Waals surface area contributed by atoms with Gasteiger partial charge in [0.05, 0.1) is 23.2 Å². The van der Waals surface area contributed by atoms with E-state index in [-0.39, 0.29) is 5.38 Å². The largest absolute Gasteiger partial charge is 0.497 e. The Balaban J connectivity index is 2.55. The first kappa shape index (κ1) is 12.1. The van der Waals surface area contributed by atoms with E-state index < -0.39 is 0 Å². The van der Waals surface area contributed by atoms with Crippen molar-refractivity contribution in [2.24, 2.45) is 0 Å². The Labute approximate surface area is 108 Å². The van der Waals surface area contributed by atoms with Crippen LogP contribution in [0.15, 0.2) is 18.2 Å². The van der Waals surface area contributed by atoms with Crippen LogP contribution in [0.4, 0.5) is 0 Å². The molecule has 0 spiro atoms. The summed E-state index contributed by atoms with van der Waals surface area (Å²) in [6.07, 6.45) is 0. The molecule has 5 nitrogen and oxygen atoms in total. The van der Waals surface area contributed by atoms with Gasteiger partial charge in [0.1, 0.15) is 5.75 Å². The van der Waals surface area contributed by atoms with Crippen LogP contribution in [0.25, 0.3) is 5.69 Å². The molecule has 1 unspecified atom stereocenters. The number of methoxy groups -OCH3 is 1. The van der Waals surface area contributed by atoms with Crippen LogP contribution in [0, 0.1) is 0 Å². The molecule has 7 heteroatoms. The maximum Gasteiger partial charge on any atom is 0.174 e. The summed E-state index contributed by atoms with van der Waals surface area (Å²) in [5, 5.41) is 11.5. The number of hydrogen-bond donors (Lipinski definition) is 0. The highest BCUT2D eigenvalue weighted by Gasteiger charge is 2.16. The van der Waals surface area contributed by atoms with E-state index in [9.17, 15) is 0 Å². The third kappa shape index (κ3) is 2.35. The molecule has 0 aliphatic carbocycles. The first-order valence-electron chi connectivity index (χ1n) is 4.89. The summed E-state index contributed by atoms with van der Waals surface area (Å²) in [6, 6.07) is 5.24. The molecule has 90 valence electrons. The SMILES string of the molecule is COc1ccc(Cl)c(-n2nnnc2C(C)Cl)c1. The number of hydrogen-bond acceptors (Lipinski definition) is 4. The molecule has 0 aliphatic heterocycles. The lowest BCUT2D eigenvalue weighted by atomic mass is 10.3. The van der Waals surface area contributed by atoms with Crippen LogP contribution >= 0.6 is 23.2 Å². The number of halogens is 2. The first-order chi connectivity index (χ1) is 8.13. The Morgan fingerprint density at radius 2 is 2.18 bits per heavy atom. The second kappa shape index (κ2) is 4.89. The van der Waals surface area contributed by atoms with Crippen LogP contribution in [-0.2, 0) is 0 Å². The van der Waals surface area contributed by atoms with Crippen LogP contribution < -0.4 is 4.74 Å². The molecule has 0 saturated heterocycles. The van der Waals surface area contributed by atoms with Gasteiger partial charge in [-0.3, -0.25) is 0 Å². The summed E-state index contributed by atoms with van der Waals surface area (Å²) in [7, 11) is 1.58. The van der Waals surface area contributed by atoms with Gasteiger partial charge in [-0.05, 0) is 29.5 Å². The number of ether oxygens (including phenoxy) is 1. The van der Waals surface area contributed by atoms with Crippen molar-refractivity contribution in [3.63, 3.8) is 0 Å². The fraction of sp³-hybridized carbons (Fsp3) is 0.300. The van der Waals surface area contributed by atoms with E-state index >= 15 is 0 Å². The standard InChI is InChI=1S/C10H10Cl2N4O/c1-6(11)10-13-14-15-16(10)9-5-7(17-2)3-4-8(9)12/h3-6H,1-2H3. The third-order valence-corrected chi connectivity index (χ3v) is 2.75. The van der Waals surface area contributed by atoms with Crippen molar-refractivity contribution in [2.75, 3.05) is 7.11 Å². The molecule has 1 aromatic carbocycles. The number of nitrogens with zero attached hydrogens (tertiary/aromatic N) is 4. The highest BCUT2D eigenvalue weighted by atomic mass is 35.5. The number of rotatable bonds is 3. The van der Waals surface area contributed by atoms with Gasteiger partial charge in [0, 0.05) is 6.07 Å². The van der Waals surface area contributed by atoms with Gasteiger partial charge in [-0.15, -0.1) is 16.7 Å². The zero-order valence-electron chi connectivity index (χ0n) is 9.26. The smallest absolute Gasteiger partial charge is 0.174 e. The number of alkyl halides is 1. The number of tetrazole rings is 1. The minimum absolute atomic E-state index is 0.313. The van der Waals surface area contributed by atoms with Crippen molar-refractivity contribution in [3.05, 3.63) is 29.0 Å². The Morgan fingerprint density at radius 1 is 1.41 bits per heavy atom. The summed E-state index contributed by atoms with van der Waals surface area (Å²) in [5.74, 6) is 1.20. The summed E-state index contributed by atoms with van der Waals surface area (Å²) < 4.78 is 6.64. The Hall–Kier alpha value is -1.33. The van der Waals surface area contributed by atoms with Gasteiger partial charge in [-0.25, -0.2) is 0 Å². The maximum absolute atomic E-state index is 6.11. The lowest BCUT2D eigenvalue weighted by Gasteiger charge is -2.09. The van der Waals surface area contributed by atoms with Gasteiger partial charge in [0.25, 0.3) is 0 Å². The van der Waals surface area contributed by atoms with Gasteiger partial charge in [0.2, 0.25) is 0 Å². The van der Waals surface area contributed by atoms with E-state index in [1.165, 1.54) is 4.68 Å². The quantitative estimate of drug-likeness (QED) is 0.807. The van der Waals surface area contributed by atoms with Gasteiger partial charge >= 0.3 is 0 Å². The normalized spacial score (nSPS) is 12.5. The third-order valence-electron chi connectivity index (χ3n) is 2.23. The summed E-state index contributed by atoms with van der Waals surface area (Å²) >= 11 is 12.1. The van der Waals surface area contributed by atoms with Crippen LogP contribution in [0.3, 0.4) is 0 Å². The van der Waals surface area contributed by atoms with Crippen LogP contribution in [0.1, 0.15) is 18.1 Å². The van der Waals surface area contributed by atoms with E-state index in [1.807, 2.05) is 0 Å². The average Bonchev–Trinajstić information content (AvgIpc) is 2.78. The molecule has 0 radical (unpaired) electrons. The second-order valence-corrected chi connectivity index (χ2v) is 4.44. The predicted molar refractivity (Wildman–Crippen MR) is 65.0 cm³/mol. The summed E-state index contributed by atoms with van der Waals surface area (Å²) in [6.45, 7) is 1.79. The van der Waals surface area contributed by atoms with Crippen molar-refractivity contribution in [1.82, 2.24) is 20.2 Å². The fourth-order valence-electron chi connectivity index (χ4n) is 1.40. The van der Waals surface area contributed by atoms with Gasteiger partial charge < -0.3 is 4.74 Å². The lowest BCUT2D eigenvalue weighted by molar-refractivity contribution is 0.414. The molecule has 0 N–H and O–H groups in total. The van der Waals surface area contributed by atoms with Crippen LogP contribution in [0.2, 0.25) is 5.02 Å². The van der Waals surface area contributed by atoms with Gasteiger partial charge in [-0.1, -0.05) is 11.6 Å². The molecular weight excluding hydrogens is 263 g/mol. The predicted octanol–water partition coefficient (Wildman–Crippen LogP) is 2.62. The van der Waals surface area contributed by atoms with Crippen LogP contribution in [-0.4, -0.2) is 27.3 Å². The Morgan fingerprint density at radius 3 is 2.82 bits per heavy atom. The Bertz CT molecular complexity index is 527.